The fourth-order valence-electron chi connectivity index (χ4n) is 16.8. The number of hydrogen-bond acceptors (Lipinski definition) is 3. The molecule has 2 unspecified atom stereocenters. The van der Waals surface area contributed by atoms with Crippen molar-refractivity contribution in [2.24, 2.45) is 73.9 Å². The Morgan fingerprint density at radius 1 is 0.763 bits per heavy atom. The molecule has 0 radical (unpaired) electrons. The van der Waals surface area contributed by atoms with Crippen LogP contribution in [0.1, 0.15) is 175 Å². The van der Waals surface area contributed by atoms with Crippen molar-refractivity contribution in [2.75, 3.05) is 13.1 Å². The van der Waals surface area contributed by atoms with Crippen molar-refractivity contribution in [3.63, 3.8) is 0 Å². The number of carboxylic acids is 1. The molecule has 1 saturated heterocycles. The smallest absolute Gasteiger partial charge is 0.335 e. The summed E-state index contributed by atoms with van der Waals surface area (Å²) < 4.78 is 0. The third-order valence-electron chi connectivity index (χ3n) is 21.1. The molecule has 1 aromatic rings. The van der Waals surface area contributed by atoms with Crippen LogP contribution in [-0.4, -0.2) is 52.6 Å². The number of likely N-dealkylation sites (tertiary alicyclic amines) is 1. The number of nitrogens with one attached hydrogen (secondary N) is 2. The standard InChI is InChI=1S/C52H77N3O4/c1-10-32-20-29-55(30-21-32)43(56)38-31-41(47(38,4)5)53-45(59)54-52-24-18-36(48(6)25-26-48)42(52)37-15-16-40-49(7)22-17-35(33-11-13-34(14-12-33)44(57)58)46(2,3)39(49)19-23-51(40,9)50(37,8)27-28-52/h11-14,17,32,36-42H,10,15-16,18-31H2,1-9H3,(H,57,58)(H2,53,54,59)/t36-,37-,38-,39+,40?,41-,42?,49+,50-,51-,52+/m1/s1. The molecule has 0 bridgehead atoms. The molecule has 7 nitrogen and oxygen atoms in total. The minimum atomic E-state index is -0.871. The van der Waals surface area contributed by atoms with Crippen molar-refractivity contribution in [1.29, 1.82) is 0 Å². The summed E-state index contributed by atoms with van der Waals surface area (Å²) in [6.45, 7) is 24.0. The lowest BCUT2D eigenvalue weighted by Gasteiger charge is -2.72. The van der Waals surface area contributed by atoms with Crippen LogP contribution in [0.15, 0.2) is 30.3 Å². The van der Waals surface area contributed by atoms with Crippen LogP contribution < -0.4 is 10.6 Å². The van der Waals surface area contributed by atoms with Gasteiger partial charge in [-0.25, -0.2) is 9.59 Å². The number of aromatic carboxylic acids is 1. The van der Waals surface area contributed by atoms with Gasteiger partial charge in [-0.05, 0) is 181 Å². The monoisotopic (exact) mass is 808 g/mol. The van der Waals surface area contributed by atoms with Gasteiger partial charge in [-0.2, -0.15) is 0 Å². The van der Waals surface area contributed by atoms with Gasteiger partial charge in [-0.3, -0.25) is 4.79 Å². The second kappa shape index (κ2) is 13.8. The maximum Gasteiger partial charge on any atom is 0.335 e. The lowest BCUT2D eigenvalue weighted by atomic mass is 9.32. The first-order chi connectivity index (χ1) is 27.7. The summed E-state index contributed by atoms with van der Waals surface area (Å²) in [5.74, 6) is 3.11. The van der Waals surface area contributed by atoms with Gasteiger partial charge >= 0.3 is 12.0 Å². The Kier molecular flexibility index (Phi) is 9.74. The molecule has 1 aromatic carbocycles. The number of nitrogens with zero attached hydrogens (tertiary/aromatic N) is 1. The van der Waals surface area contributed by atoms with Crippen LogP contribution in [0.5, 0.6) is 0 Å². The maximum atomic E-state index is 14.4. The number of allylic oxidation sites excluding steroid dienone is 2. The molecular weight excluding hydrogens is 731 g/mol. The number of carbonyl (C=O) groups excluding carboxylic acids is 2. The molecule has 1 heterocycles. The minimum Gasteiger partial charge on any atom is -0.478 e. The van der Waals surface area contributed by atoms with Gasteiger partial charge in [0.25, 0.3) is 0 Å². The minimum absolute atomic E-state index is 0.00508. The van der Waals surface area contributed by atoms with Crippen molar-refractivity contribution in [3.05, 3.63) is 41.5 Å². The Labute approximate surface area is 356 Å². The number of amides is 3. The van der Waals surface area contributed by atoms with Crippen LogP contribution in [0.4, 0.5) is 4.79 Å². The summed E-state index contributed by atoms with van der Waals surface area (Å²) in [4.78, 5) is 41.9. The van der Waals surface area contributed by atoms with E-state index in [4.69, 9.17) is 0 Å². The predicted octanol–water partition coefficient (Wildman–Crippen LogP) is 11.4. The van der Waals surface area contributed by atoms with Crippen LogP contribution in [-0.2, 0) is 4.79 Å². The molecule has 7 aliphatic carbocycles. The van der Waals surface area contributed by atoms with Crippen molar-refractivity contribution in [2.45, 2.75) is 170 Å². The number of hydrogen-bond donors (Lipinski definition) is 3. The Hall–Kier alpha value is -2.83. The van der Waals surface area contributed by atoms with E-state index < -0.39 is 5.97 Å². The van der Waals surface area contributed by atoms with Crippen molar-refractivity contribution in [3.8, 4) is 0 Å². The quantitative estimate of drug-likeness (QED) is 0.255. The molecule has 3 amide bonds. The molecule has 11 atom stereocenters. The highest BCUT2D eigenvalue weighted by molar-refractivity contribution is 5.88. The largest absolute Gasteiger partial charge is 0.478 e. The van der Waals surface area contributed by atoms with Crippen LogP contribution in [0.2, 0.25) is 0 Å². The molecule has 324 valence electrons. The Morgan fingerprint density at radius 2 is 1.46 bits per heavy atom. The summed E-state index contributed by atoms with van der Waals surface area (Å²) in [6, 6.07) is 7.61. The summed E-state index contributed by atoms with van der Waals surface area (Å²) >= 11 is 0. The van der Waals surface area contributed by atoms with E-state index in [9.17, 15) is 19.5 Å². The first-order valence-corrected chi connectivity index (χ1v) is 24.2. The number of benzene rings is 1. The fourth-order valence-corrected chi connectivity index (χ4v) is 16.8. The summed E-state index contributed by atoms with van der Waals surface area (Å²) in [7, 11) is 0. The normalized spacial score (nSPS) is 42.8. The first kappa shape index (κ1) is 41.5. The van der Waals surface area contributed by atoms with Crippen molar-refractivity contribution in [1.82, 2.24) is 15.5 Å². The van der Waals surface area contributed by atoms with Gasteiger partial charge in [0, 0.05) is 30.6 Å². The van der Waals surface area contributed by atoms with Crippen molar-refractivity contribution < 1.29 is 19.5 Å². The van der Waals surface area contributed by atoms with Crippen LogP contribution >= 0.6 is 0 Å². The highest BCUT2D eigenvalue weighted by Crippen LogP contribution is 2.78. The Morgan fingerprint density at radius 3 is 2.08 bits per heavy atom. The number of urea groups is 1. The third-order valence-corrected chi connectivity index (χ3v) is 21.1. The zero-order valence-corrected chi connectivity index (χ0v) is 38.1. The molecule has 7 heteroatoms. The van der Waals surface area contributed by atoms with Crippen LogP contribution in [0.25, 0.3) is 5.57 Å². The van der Waals surface area contributed by atoms with Crippen LogP contribution in [0, 0.1) is 73.9 Å². The molecule has 9 rings (SSSR count). The van der Waals surface area contributed by atoms with Gasteiger partial charge in [0.15, 0.2) is 0 Å². The first-order valence-electron chi connectivity index (χ1n) is 24.2. The maximum absolute atomic E-state index is 14.4. The molecule has 8 aliphatic rings. The van der Waals surface area contributed by atoms with Gasteiger partial charge in [-0.15, -0.1) is 0 Å². The highest BCUT2D eigenvalue weighted by atomic mass is 16.4. The van der Waals surface area contributed by atoms with E-state index in [1.54, 1.807) is 12.1 Å². The lowest BCUT2D eigenvalue weighted by molar-refractivity contribution is -0.221. The van der Waals surface area contributed by atoms with Gasteiger partial charge in [0.05, 0.1) is 5.56 Å². The predicted molar refractivity (Wildman–Crippen MR) is 235 cm³/mol. The van der Waals surface area contributed by atoms with Crippen molar-refractivity contribution >= 4 is 23.5 Å². The second-order valence-electron chi connectivity index (χ2n) is 24.0. The Balaban J connectivity index is 0.938. The highest BCUT2D eigenvalue weighted by Gasteiger charge is 2.72. The summed E-state index contributed by atoms with van der Waals surface area (Å²) in [6.07, 6.45) is 20.0. The number of fused-ring (bicyclic) bond motifs is 7. The third kappa shape index (κ3) is 6.08. The Bertz CT molecular complexity index is 1890. The number of rotatable bonds is 7. The van der Waals surface area contributed by atoms with Gasteiger partial charge in [0.1, 0.15) is 0 Å². The van der Waals surface area contributed by atoms with E-state index >= 15 is 0 Å². The number of piperidine rings is 1. The van der Waals surface area contributed by atoms with E-state index in [-0.39, 0.29) is 50.6 Å². The van der Waals surface area contributed by atoms with E-state index in [0.29, 0.717) is 46.5 Å². The molecule has 7 fully saturated rings. The fraction of sp³-hybridized carbons (Fsp3) is 0.788. The average Bonchev–Trinajstić information content (AvgIpc) is 3.83. The van der Waals surface area contributed by atoms with E-state index in [2.05, 4.69) is 83.9 Å². The number of carbonyl (C=O) groups is 3. The van der Waals surface area contributed by atoms with Gasteiger partial charge < -0.3 is 20.6 Å². The zero-order valence-electron chi connectivity index (χ0n) is 38.1. The SMILES string of the molecule is CCC1CCN(C(=O)[C@H]2C[C@@H](NC(=O)N[C@]34CC[C@@H](C5(C)CC5)C3[C@H]3CCC5[C@@]6(C)CC=C(c7ccc(C(=O)O)cc7)C(C)(C)[C@@H]6CC[C@@]5(C)[C@]3(C)CC4)C2(C)C)CC1. The number of carboxylic acid groups (broad SMARTS) is 1. The topological polar surface area (TPSA) is 98.7 Å². The van der Waals surface area contributed by atoms with E-state index in [0.717, 1.165) is 57.5 Å². The lowest BCUT2D eigenvalue weighted by Crippen LogP contribution is -2.70. The molecular formula is C52H77N3O4. The zero-order chi connectivity index (χ0) is 42.1. The summed E-state index contributed by atoms with van der Waals surface area (Å²) in [5.41, 5.74) is 3.50. The molecule has 3 N–H and O–H groups in total. The van der Waals surface area contributed by atoms with E-state index in [1.165, 1.54) is 68.9 Å². The summed E-state index contributed by atoms with van der Waals surface area (Å²) in [5, 5.41) is 16.9. The second-order valence-corrected chi connectivity index (χ2v) is 24.0. The van der Waals surface area contributed by atoms with Gasteiger partial charge in [0.2, 0.25) is 5.91 Å². The van der Waals surface area contributed by atoms with Gasteiger partial charge in [-0.1, -0.05) is 86.9 Å². The molecule has 0 aromatic heterocycles. The van der Waals surface area contributed by atoms with E-state index in [1.807, 2.05) is 12.1 Å². The average molecular weight is 808 g/mol. The molecule has 59 heavy (non-hydrogen) atoms. The molecule has 0 spiro atoms. The molecule has 1 aliphatic heterocycles. The molecule has 6 saturated carbocycles. The van der Waals surface area contributed by atoms with Crippen LogP contribution in [0.3, 0.4) is 0 Å².